The Balaban J connectivity index is 1.35. The van der Waals surface area contributed by atoms with Crippen molar-refractivity contribution >= 4 is 29.3 Å². The Kier molecular flexibility index (Phi) is 5.29. The molecule has 12 nitrogen and oxygen atoms in total. The van der Waals surface area contributed by atoms with E-state index in [1.54, 1.807) is 17.3 Å². The topological polar surface area (TPSA) is 138 Å². The summed E-state index contributed by atoms with van der Waals surface area (Å²) in [5, 5.41) is 10.8. The zero-order valence-corrected chi connectivity index (χ0v) is 18.1. The third-order valence-electron chi connectivity index (χ3n) is 6.40. The van der Waals surface area contributed by atoms with E-state index in [9.17, 15) is 9.59 Å². The third-order valence-corrected chi connectivity index (χ3v) is 6.40. The minimum absolute atomic E-state index is 0.0769. The molecule has 0 radical (unpaired) electrons. The molecule has 3 fully saturated rings. The van der Waals surface area contributed by atoms with Crippen LogP contribution in [0.4, 0.5) is 22.1 Å². The molecule has 2 aromatic heterocycles. The normalized spacial score (nSPS) is 21.7. The predicted octanol–water partition coefficient (Wildman–Crippen LogP) is -0.00390. The Morgan fingerprint density at radius 1 is 1.22 bits per heavy atom. The lowest BCUT2D eigenvalue weighted by Gasteiger charge is -2.37. The summed E-state index contributed by atoms with van der Waals surface area (Å²) in [4.78, 5) is 39.2. The lowest BCUT2D eigenvalue weighted by atomic mass is 10.0. The summed E-state index contributed by atoms with van der Waals surface area (Å²) in [6, 6.07) is 0.536. The number of primary amides is 1. The van der Waals surface area contributed by atoms with E-state index < -0.39 is 5.91 Å². The molecule has 32 heavy (non-hydrogen) atoms. The summed E-state index contributed by atoms with van der Waals surface area (Å²) in [6.07, 6.45) is 7.07. The van der Waals surface area contributed by atoms with E-state index in [0.717, 1.165) is 45.6 Å². The quantitative estimate of drug-likeness (QED) is 0.571. The maximum absolute atomic E-state index is 12.4. The van der Waals surface area contributed by atoms with Crippen LogP contribution in [0.15, 0.2) is 18.6 Å². The van der Waals surface area contributed by atoms with Crippen molar-refractivity contribution < 1.29 is 9.59 Å². The fourth-order valence-electron chi connectivity index (χ4n) is 4.42. The number of hydrogen-bond acceptors (Lipinski definition) is 8. The van der Waals surface area contributed by atoms with E-state index in [4.69, 9.17) is 5.73 Å². The standard InChI is InChI=1S/C20H28N10O2/c1-27-5-6-29(20(27)32)14-3-2-4-28(12-14)16-10-23-17(18(21)31)19(26-16)25-13-7-24-30(11-13)15-8-22-9-15/h7,10-11,14-15,22H,2-6,8-9,12H2,1H3,(H2,21,31)(H,25,26). The first kappa shape index (κ1) is 20.5. The Labute approximate surface area is 185 Å². The van der Waals surface area contributed by atoms with Gasteiger partial charge < -0.3 is 31.1 Å². The van der Waals surface area contributed by atoms with Crippen LogP contribution in [0.1, 0.15) is 29.4 Å². The number of hydrogen-bond donors (Lipinski definition) is 3. The lowest BCUT2D eigenvalue weighted by molar-refractivity contribution is 0.0996. The number of carbonyl (C=O) groups is 2. The predicted molar refractivity (Wildman–Crippen MR) is 118 cm³/mol. The minimum Gasteiger partial charge on any atom is -0.364 e. The van der Waals surface area contributed by atoms with Crippen LogP contribution in [0.3, 0.4) is 0 Å². The zero-order valence-electron chi connectivity index (χ0n) is 18.1. The van der Waals surface area contributed by atoms with Crippen molar-refractivity contribution in [1.29, 1.82) is 0 Å². The van der Waals surface area contributed by atoms with Crippen LogP contribution in [0.5, 0.6) is 0 Å². The minimum atomic E-state index is -0.649. The highest BCUT2D eigenvalue weighted by Gasteiger charge is 2.34. The smallest absolute Gasteiger partial charge is 0.320 e. The zero-order chi connectivity index (χ0) is 22.2. The van der Waals surface area contributed by atoms with E-state index >= 15 is 0 Å². The molecule has 3 aliphatic heterocycles. The number of anilines is 3. The van der Waals surface area contributed by atoms with Crippen molar-refractivity contribution in [2.24, 2.45) is 5.73 Å². The Morgan fingerprint density at radius 3 is 2.75 bits per heavy atom. The highest BCUT2D eigenvalue weighted by atomic mass is 16.2. The summed E-state index contributed by atoms with van der Waals surface area (Å²) in [6.45, 7) is 4.75. The highest BCUT2D eigenvalue weighted by Crippen LogP contribution is 2.26. The molecular weight excluding hydrogens is 412 g/mol. The number of urea groups is 1. The van der Waals surface area contributed by atoms with Gasteiger partial charge in [0.05, 0.1) is 30.2 Å². The van der Waals surface area contributed by atoms with Gasteiger partial charge in [-0.25, -0.2) is 14.8 Å². The Morgan fingerprint density at radius 2 is 2.06 bits per heavy atom. The van der Waals surface area contributed by atoms with E-state index in [2.05, 4.69) is 30.6 Å². The SMILES string of the molecule is CN1CCN(C2CCCN(c3cnc(C(N)=O)c(Nc4cnn(C5CNC5)c4)n3)C2)C1=O. The molecule has 1 unspecified atom stereocenters. The van der Waals surface area contributed by atoms with Crippen LogP contribution < -0.4 is 21.3 Å². The van der Waals surface area contributed by atoms with Crippen molar-refractivity contribution in [3.05, 3.63) is 24.3 Å². The second kappa shape index (κ2) is 8.26. The van der Waals surface area contributed by atoms with Crippen molar-refractivity contribution in [3.8, 4) is 0 Å². The van der Waals surface area contributed by atoms with Crippen molar-refractivity contribution in [1.82, 2.24) is 34.9 Å². The third kappa shape index (κ3) is 3.81. The molecule has 0 aliphatic carbocycles. The van der Waals surface area contributed by atoms with Crippen molar-refractivity contribution in [3.63, 3.8) is 0 Å². The molecule has 5 rings (SSSR count). The molecule has 5 heterocycles. The number of nitrogens with one attached hydrogen (secondary N) is 2. The van der Waals surface area contributed by atoms with E-state index in [1.807, 2.05) is 22.8 Å². The van der Waals surface area contributed by atoms with Crippen LogP contribution in [-0.2, 0) is 0 Å². The maximum atomic E-state index is 12.4. The molecule has 1 atom stereocenters. The molecule has 3 amide bonds. The molecule has 0 spiro atoms. The first-order valence-corrected chi connectivity index (χ1v) is 10.9. The highest BCUT2D eigenvalue weighted by molar-refractivity contribution is 5.96. The molecule has 0 saturated carbocycles. The fraction of sp³-hybridized carbons (Fsp3) is 0.550. The van der Waals surface area contributed by atoms with E-state index in [-0.39, 0.29) is 17.8 Å². The van der Waals surface area contributed by atoms with Gasteiger partial charge in [-0.15, -0.1) is 0 Å². The maximum Gasteiger partial charge on any atom is 0.320 e. The molecule has 12 heteroatoms. The van der Waals surface area contributed by atoms with Crippen LogP contribution in [-0.4, -0.2) is 93.8 Å². The fourth-order valence-corrected chi connectivity index (χ4v) is 4.42. The van der Waals surface area contributed by atoms with Gasteiger partial charge >= 0.3 is 6.03 Å². The van der Waals surface area contributed by atoms with E-state index in [1.165, 1.54) is 0 Å². The van der Waals surface area contributed by atoms with Gasteiger partial charge in [0, 0.05) is 52.5 Å². The number of piperidine rings is 1. The van der Waals surface area contributed by atoms with Crippen molar-refractivity contribution in [2.45, 2.75) is 24.9 Å². The van der Waals surface area contributed by atoms with Gasteiger partial charge in [-0.1, -0.05) is 0 Å². The summed E-state index contributed by atoms with van der Waals surface area (Å²) in [5.74, 6) is 0.308. The molecule has 3 aliphatic rings. The Hall–Kier alpha value is -3.41. The number of nitrogens with zero attached hydrogens (tertiary/aromatic N) is 7. The molecule has 4 N–H and O–H groups in total. The van der Waals surface area contributed by atoms with Gasteiger partial charge in [-0.3, -0.25) is 9.48 Å². The van der Waals surface area contributed by atoms with Crippen LogP contribution in [0.2, 0.25) is 0 Å². The molecular formula is C20H28N10O2. The van der Waals surface area contributed by atoms with Crippen LogP contribution in [0.25, 0.3) is 0 Å². The van der Waals surface area contributed by atoms with Gasteiger partial charge in [0.1, 0.15) is 5.82 Å². The molecule has 2 aromatic rings. The second-order valence-corrected chi connectivity index (χ2v) is 8.58. The summed E-state index contributed by atoms with van der Waals surface area (Å²) in [7, 11) is 1.83. The summed E-state index contributed by atoms with van der Waals surface area (Å²) >= 11 is 0. The number of carbonyl (C=O) groups excluding carboxylic acids is 2. The molecule has 3 saturated heterocycles. The molecule has 0 aromatic carbocycles. The lowest BCUT2D eigenvalue weighted by Crippen LogP contribution is -2.49. The number of likely N-dealkylation sites (N-methyl/N-ethyl adjacent to an activating group) is 1. The van der Waals surface area contributed by atoms with Gasteiger partial charge in [0.15, 0.2) is 11.5 Å². The van der Waals surface area contributed by atoms with Gasteiger partial charge in [-0.2, -0.15) is 5.10 Å². The summed E-state index contributed by atoms with van der Waals surface area (Å²) < 4.78 is 1.89. The van der Waals surface area contributed by atoms with Crippen LogP contribution >= 0.6 is 0 Å². The second-order valence-electron chi connectivity index (χ2n) is 8.58. The monoisotopic (exact) mass is 440 g/mol. The number of amides is 3. The van der Waals surface area contributed by atoms with Crippen LogP contribution in [0, 0.1) is 0 Å². The Bertz CT molecular complexity index is 1020. The molecule has 0 bridgehead atoms. The van der Waals surface area contributed by atoms with Gasteiger partial charge in [-0.05, 0) is 12.8 Å². The number of rotatable bonds is 6. The first-order chi connectivity index (χ1) is 15.5. The summed E-state index contributed by atoms with van der Waals surface area (Å²) in [5.41, 5.74) is 6.34. The van der Waals surface area contributed by atoms with E-state index in [0.29, 0.717) is 29.9 Å². The average molecular weight is 441 g/mol. The number of nitrogens with two attached hydrogens (primary N) is 1. The average Bonchev–Trinajstić information content (AvgIpc) is 3.33. The molecule has 170 valence electrons. The first-order valence-electron chi connectivity index (χ1n) is 10.9. The number of aromatic nitrogens is 4. The van der Waals surface area contributed by atoms with Gasteiger partial charge in [0.2, 0.25) is 0 Å². The van der Waals surface area contributed by atoms with Gasteiger partial charge in [0.25, 0.3) is 5.91 Å². The largest absolute Gasteiger partial charge is 0.364 e. The van der Waals surface area contributed by atoms with Crippen molar-refractivity contribution in [2.75, 3.05) is 56.5 Å².